The first-order chi connectivity index (χ1) is 18.7. The number of alkyl halides is 6. The minimum absolute atomic E-state index is 0.158. The highest BCUT2D eigenvalue weighted by molar-refractivity contribution is 7.92. The molecule has 0 aliphatic rings. The molecule has 40 heavy (non-hydrogen) atoms. The first-order valence-electron chi connectivity index (χ1n) is 11.4. The van der Waals surface area contributed by atoms with Crippen molar-refractivity contribution in [1.29, 1.82) is 0 Å². The van der Waals surface area contributed by atoms with Crippen LogP contribution in [0.25, 0.3) is 27.7 Å². The van der Waals surface area contributed by atoms with Gasteiger partial charge in [-0.25, -0.2) is 17.5 Å². The molecule has 0 atom stereocenters. The van der Waals surface area contributed by atoms with Crippen molar-refractivity contribution in [3.63, 3.8) is 0 Å². The van der Waals surface area contributed by atoms with Gasteiger partial charge in [-0.05, 0) is 77.9 Å². The smallest absolute Gasteiger partial charge is 0.280 e. The summed E-state index contributed by atoms with van der Waals surface area (Å²) in [5, 5.41) is 4.72. The molecule has 4 aromatic carbocycles. The van der Waals surface area contributed by atoms with Crippen molar-refractivity contribution in [2.45, 2.75) is 17.2 Å². The number of fused-ring (bicyclic) bond motifs is 1. The van der Waals surface area contributed by atoms with E-state index < -0.39 is 49.9 Å². The summed E-state index contributed by atoms with van der Waals surface area (Å²) in [6.07, 6.45) is -8.28. The fourth-order valence-corrected chi connectivity index (χ4v) is 5.23. The monoisotopic (exact) mass is 579 g/mol. The van der Waals surface area contributed by atoms with Gasteiger partial charge in [-0.15, -0.1) is 0 Å². The van der Waals surface area contributed by atoms with E-state index in [2.05, 4.69) is 5.10 Å². The lowest BCUT2D eigenvalue weighted by molar-refractivity contribution is -0.138. The van der Waals surface area contributed by atoms with Crippen LogP contribution in [0.1, 0.15) is 11.1 Å². The van der Waals surface area contributed by atoms with E-state index in [0.29, 0.717) is 34.8 Å². The summed E-state index contributed by atoms with van der Waals surface area (Å²) in [6.45, 7) is 0. The first kappa shape index (κ1) is 27.2. The molecule has 5 nitrogen and oxygen atoms in total. The number of halogens is 7. The summed E-state index contributed by atoms with van der Waals surface area (Å²) in [5.74, 6) is -0.442. The van der Waals surface area contributed by atoms with Gasteiger partial charge in [0.15, 0.2) is 0 Å². The van der Waals surface area contributed by atoms with Crippen LogP contribution in [0.5, 0.6) is 0 Å². The summed E-state index contributed by atoms with van der Waals surface area (Å²) in [7, 11) is -4.64. The molecule has 1 heterocycles. The Hall–Kier alpha value is -4.39. The highest BCUT2D eigenvalue weighted by Crippen LogP contribution is 2.40. The second-order valence-corrected chi connectivity index (χ2v) is 10.4. The third kappa shape index (κ3) is 5.37. The van der Waals surface area contributed by atoms with E-state index in [9.17, 15) is 39.2 Å². The van der Waals surface area contributed by atoms with Crippen molar-refractivity contribution >= 4 is 26.6 Å². The van der Waals surface area contributed by atoms with Gasteiger partial charge in [0.2, 0.25) is 0 Å². The van der Waals surface area contributed by atoms with Crippen LogP contribution in [0, 0.1) is 5.82 Å². The van der Waals surface area contributed by atoms with Crippen molar-refractivity contribution in [1.82, 2.24) is 9.78 Å². The number of rotatable bonds is 5. The molecule has 0 radical (unpaired) electrons. The fourth-order valence-electron chi connectivity index (χ4n) is 4.14. The number of aromatic nitrogens is 2. The molecule has 5 rings (SSSR count). The Morgan fingerprint density at radius 1 is 0.775 bits per heavy atom. The zero-order chi connectivity index (χ0) is 28.9. The Balaban J connectivity index is 1.51. The molecule has 0 aliphatic carbocycles. The molecule has 0 saturated heterocycles. The molecule has 0 spiro atoms. The van der Waals surface area contributed by atoms with Crippen molar-refractivity contribution in [2.75, 3.05) is 4.72 Å². The van der Waals surface area contributed by atoms with Crippen LogP contribution < -0.4 is 4.72 Å². The second-order valence-electron chi connectivity index (χ2n) is 8.70. The highest BCUT2D eigenvalue weighted by atomic mass is 32.2. The van der Waals surface area contributed by atoms with Gasteiger partial charge >= 0.3 is 12.4 Å². The van der Waals surface area contributed by atoms with E-state index >= 15 is 0 Å². The second kappa shape index (κ2) is 9.66. The van der Waals surface area contributed by atoms with E-state index in [1.807, 2.05) is 4.72 Å². The normalized spacial score (nSPS) is 12.6. The molecule has 0 unspecified atom stereocenters. The molecule has 206 valence electrons. The third-order valence-corrected chi connectivity index (χ3v) is 7.38. The number of anilines is 1. The number of hydrogen-bond acceptors (Lipinski definition) is 3. The average Bonchev–Trinajstić information content (AvgIpc) is 3.31. The van der Waals surface area contributed by atoms with Crippen molar-refractivity contribution < 1.29 is 39.2 Å². The van der Waals surface area contributed by atoms with Gasteiger partial charge in [-0.3, -0.25) is 4.72 Å². The Bertz CT molecular complexity index is 1830. The number of benzene rings is 4. The molecule has 1 aromatic heterocycles. The molecule has 0 aliphatic heterocycles. The molecule has 0 fully saturated rings. The van der Waals surface area contributed by atoms with Crippen molar-refractivity contribution in [3.8, 4) is 16.8 Å². The van der Waals surface area contributed by atoms with Crippen LogP contribution >= 0.6 is 0 Å². The highest BCUT2D eigenvalue weighted by Gasteiger charge is 2.35. The maximum atomic E-state index is 14.1. The Morgan fingerprint density at radius 3 is 2.17 bits per heavy atom. The SMILES string of the molecule is O=S(=O)(Nc1ccc(-c2ccc3c(cnn3-c3ccc(F)cc3)c2)c(C(F)(F)F)c1)c1cccc(C(F)(F)F)c1. The van der Waals surface area contributed by atoms with Crippen LogP contribution in [0.2, 0.25) is 0 Å². The van der Waals surface area contributed by atoms with Crippen LogP contribution in [-0.4, -0.2) is 18.2 Å². The minimum atomic E-state index is -4.90. The van der Waals surface area contributed by atoms with Crippen LogP contribution in [-0.2, 0) is 22.4 Å². The summed E-state index contributed by atoms with van der Waals surface area (Å²) < 4.78 is 123. The summed E-state index contributed by atoms with van der Waals surface area (Å²) in [4.78, 5) is -0.761. The number of nitrogens with one attached hydrogen (secondary N) is 1. The average molecular weight is 579 g/mol. The van der Waals surface area contributed by atoms with Crippen LogP contribution in [0.4, 0.5) is 36.4 Å². The molecular formula is C27H16F7N3O2S. The lowest BCUT2D eigenvalue weighted by atomic mass is 9.97. The Kier molecular flexibility index (Phi) is 6.57. The van der Waals surface area contributed by atoms with Gasteiger partial charge in [0.25, 0.3) is 10.0 Å². The molecular weight excluding hydrogens is 563 g/mol. The molecule has 0 amide bonds. The van der Waals surface area contributed by atoms with Crippen LogP contribution in [0.3, 0.4) is 0 Å². The van der Waals surface area contributed by atoms with Crippen molar-refractivity contribution in [3.05, 3.63) is 108 Å². The first-order valence-corrected chi connectivity index (χ1v) is 12.9. The number of sulfonamides is 1. The van der Waals surface area contributed by atoms with E-state index in [1.54, 1.807) is 6.07 Å². The predicted molar refractivity (Wildman–Crippen MR) is 134 cm³/mol. The van der Waals surface area contributed by atoms with Gasteiger partial charge in [-0.2, -0.15) is 31.4 Å². The zero-order valence-corrected chi connectivity index (χ0v) is 20.7. The topological polar surface area (TPSA) is 64.0 Å². The standard InChI is InChI=1S/C27H16F7N3O2S/c28-19-5-8-21(9-6-19)37-25-11-4-16(12-17(25)15-35-37)23-10-7-20(14-24(23)27(32,33)34)36-40(38,39)22-3-1-2-18(13-22)26(29,30)31/h1-15,36H. The molecule has 1 N–H and O–H groups in total. The quantitative estimate of drug-likeness (QED) is 0.218. The molecule has 0 saturated carbocycles. The summed E-state index contributed by atoms with van der Waals surface area (Å²) in [5.41, 5.74) is -1.89. The van der Waals surface area contributed by atoms with E-state index in [-0.39, 0.29) is 11.1 Å². The van der Waals surface area contributed by atoms with E-state index in [0.717, 1.165) is 24.3 Å². The Morgan fingerprint density at radius 2 is 1.50 bits per heavy atom. The van der Waals surface area contributed by atoms with E-state index in [4.69, 9.17) is 0 Å². The fraction of sp³-hybridized carbons (Fsp3) is 0.0741. The maximum absolute atomic E-state index is 14.1. The van der Waals surface area contributed by atoms with Crippen LogP contribution in [0.15, 0.2) is 96.0 Å². The molecule has 13 heteroatoms. The van der Waals surface area contributed by atoms with Crippen molar-refractivity contribution in [2.24, 2.45) is 0 Å². The molecule has 5 aromatic rings. The lowest BCUT2D eigenvalue weighted by Crippen LogP contribution is -2.16. The predicted octanol–water partition coefficient (Wildman–Crippen LogP) is 7.67. The molecule has 0 bridgehead atoms. The zero-order valence-electron chi connectivity index (χ0n) is 19.9. The largest absolute Gasteiger partial charge is 0.417 e. The van der Waals surface area contributed by atoms with Gasteiger partial charge in [-0.1, -0.05) is 18.2 Å². The van der Waals surface area contributed by atoms with E-state index in [1.165, 1.54) is 47.3 Å². The number of nitrogens with zero attached hydrogens (tertiary/aromatic N) is 2. The van der Waals surface area contributed by atoms with Gasteiger partial charge < -0.3 is 0 Å². The summed E-state index contributed by atoms with van der Waals surface area (Å²) >= 11 is 0. The van der Waals surface area contributed by atoms with Gasteiger partial charge in [0.1, 0.15) is 5.82 Å². The van der Waals surface area contributed by atoms with Gasteiger partial charge in [0.05, 0.1) is 33.4 Å². The Labute approximate surface area is 222 Å². The number of hydrogen-bond donors (Lipinski definition) is 1. The third-order valence-electron chi connectivity index (χ3n) is 6.00. The minimum Gasteiger partial charge on any atom is -0.280 e. The lowest BCUT2D eigenvalue weighted by Gasteiger charge is -2.16. The maximum Gasteiger partial charge on any atom is 0.417 e. The van der Waals surface area contributed by atoms with Gasteiger partial charge in [0, 0.05) is 11.1 Å². The summed E-state index contributed by atoms with van der Waals surface area (Å²) in [6, 6.07) is 15.5.